The van der Waals surface area contributed by atoms with E-state index in [2.05, 4.69) is 0 Å². The summed E-state index contributed by atoms with van der Waals surface area (Å²) >= 11 is 0. The number of hydrogen-bond donors (Lipinski definition) is 1. The fourth-order valence-electron chi connectivity index (χ4n) is 1.67. The van der Waals surface area contributed by atoms with Crippen LogP contribution in [-0.2, 0) is 0 Å². The Morgan fingerprint density at radius 2 is 2.00 bits per heavy atom. The van der Waals surface area contributed by atoms with Crippen LogP contribution in [-0.4, -0.2) is 13.3 Å². The molecule has 2 nitrogen and oxygen atoms in total. The highest BCUT2D eigenvalue weighted by molar-refractivity contribution is 5.36. The van der Waals surface area contributed by atoms with Gasteiger partial charge >= 0.3 is 6.18 Å². The monoisotopic (exact) mass is 247 g/mol. The largest absolute Gasteiger partial charge is 0.497 e. The molecule has 0 amide bonds. The molecule has 0 saturated carbocycles. The van der Waals surface area contributed by atoms with Crippen LogP contribution in [0.15, 0.2) is 18.2 Å². The average Bonchev–Trinajstić information content (AvgIpc) is 2.24. The molecule has 1 atom stereocenters. The average molecular weight is 247 g/mol. The maximum Gasteiger partial charge on any atom is 0.389 e. The normalized spacial score (nSPS) is 13.5. The number of nitrogens with two attached hydrogens (primary N) is 1. The second kappa shape index (κ2) is 5.40. The number of alkyl halides is 3. The molecule has 0 aliphatic rings. The van der Waals surface area contributed by atoms with Gasteiger partial charge in [0.15, 0.2) is 0 Å². The van der Waals surface area contributed by atoms with E-state index >= 15 is 0 Å². The van der Waals surface area contributed by atoms with Crippen molar-refractivity contribution in [1.82, 2.24) is 0 Å². The number of rotatable bonds is 4. The number of benzene rings is 1. The van der Waals surface area contributed by atoms with Crippen LogP contribution < -0.4 is 10.5 Å². The minimum Gasteiger partial charge on any atom is -0.497 e. The predicted molar refractivity (Wildman–Crippen MR) is 59.9 cm³/mol. The summed E-state index contributed by atoms with van der Waals surface area (Å²) < 4.78 is 41.2. The first-order valence-corrected chi connectivity index (χ1v) is 5.30. The zero-order chi connectivity index (χ0) is 13.1. The quantitative estimate of drug-likeness (QED) is 0.885. The summed E-state index contributed by atoms with van der Waals surface area (Å²) in [6.07, 6.45) is -5.12. The summed E-state index contributed by atoms with van der Waals surface area (Å²) in [7, 11) is 1.54. The smallest absolute Gasteiger partial charge is 0.389 e. The third-order valence-corrected chi connectivity index (χ3v) is 2.62. The molecule has 0 fully saturated rings. The fraction of sp³-hybridized carbons (Fsp3) is 0.500. The Labute approximate surface area is 98.6 Å². The Kier molecular flexibility index (Phi) is 4.40. The van der Waals surface area contributed by atoms with Crippen molar-refractivity contribution in [2.24, 2.45) is 5.73 Å². The Morgan fingerprint density at radius 1 is 1.35 bits per heavy atom. The number of halogens is 3. The zero-order valence-electron chi connectivity index (χ0n) is 9.84. The first-order valence-electron chi connectivity index (χ1n) is 5.30. The highest BCUT2D eigenvalue weighted by Gasteiger charge is 2.28. The summed E-state index contributed by atoms with van der Waals surface area (Å²) in [6, 6.07) is 4.59. The van der Waals surface area contributed by atoms with Gasteiger partial charge in [-0.05, 0) is 36.6 Å². The highest BCUT2D eigenvalue weighted by Crippen LogP contribution is 2.28. The molecule has 1 aromatic rings. The van der Waals surface area contributed by atoms with Gasteiger partial charge in [-0.25, -0.2) is 0 Å². The molecule has 96 valence electrons. The molecule has 17 heavy (non-hydrogen) atoms. The van der Waals surface area contributed by atoms with Gasteiger partial charge in [-0.15, -0.1) is 0 Å². The molecule has 0 aliphatic heterocycles. The van der Waals surface area contributed by atoms with Crippen LogP contribution in [0.2, 0.25) is 0 Å². The lowest BCUT2D eigenvalue weighted by Crippen LogP contribution is -2.16. The van der Waals surface area contributed by atoms with Crippen LogP contribution in [0.4, 0.5) is 13.2 Å². The number of methoxy groups -OCH3 is 1. The molecule has 0 bridgehead atoms. The van der Waals surface area contributed by atoms with Gasteiger partial charge in [-0.3, -0.25) is 0 Å². The van der Waals surface area contributed by atoms with Crippen molar-refractivity contribution in [3.63, 3.8) is 0 Å². The van der Waals surface area contributed by atoms with E-state index in [9.17, 15) is 13.2 Å². The van der Waals surface area contributed by atoms with Crippen molar-refractivity contribution in [2.75, 3.05) is 7.11 Å². The van der Waals surface area contributed by atoms with E-state index in [0.29, 0.717) is 5.75 Å². The van der Waals surface area contributed by atoms with Crippen molar-refractivity contribution in [1.29, 1.82) is 0 Å². The third kappa shape index (κ3) is 4.26. The van der Waals surface area contributed by atoms with Gasteiger partial charge in [-0.1, -0.05) is 6.07 Å². The third-order valence-electron chi connectivity index (χ3n) is 2.62. The topological polar surface area (TPSA) is 35.2 Å². The van der Waals surface area contributed by atoms with Gasteiger partial charge in [0.25, 0.3) is 0 Å². The lowest BCUT2D eigenvalue weighted by molar-refractivity contribution is -0.136. The zero-order valence-corrected chi connectivity index (χ0v) is 9.84. The standard InChI is InChI=1S/C12H16F3NO/c1-8-7-9(17-2)3-4-10(8)11(16)5-6-12(13,14)15/h3-4,7,11H,5-6,16H2,1-2H3/t11-/m0/s1. The summed E-state index contributed by atoms with van der Waals surface area (Å²) in [5, 5.41) is 0. The number of aryl methyl sites for hydroxylation is 1. The molecular weight excluding hydrogens is 231 g/mol. The SMILES string of the molecule is COc1ccc([C@@H](N)CCC(F)(F)F)c(C)c1. The second-order valence-corrected chi connectivity index (χ2v) is 3.98. The minimum atomic E-state index is -4.15. The lowest BCUT2D eigenvalue weighted by Gasteiger charge is -2.16. The molecule has 1 rings (SSSR count). The molecule has 1 aromatic carbocycles. The van der Waals surface area contributed by atoms with Crippen LogP contribution in [0.5, 0.6) is 5.75 Å². The van der Waals surface area contributed by atoms with Gasteiger partial charge in [0.2, 0.25) is 0 Å². The second-order valence-electron chi connectivity index (χ2n) is 3.98. The Balaban J connectivity index is 2.72. The summed E-state index contributed by atoms with van der Waals surface area (Å²) in [5.41, 5.74) is 7.33. The Bertz CT molecular complexity index is 377. The summed E-state index contributed by atoms with van der Waals surface area (Å²) in [5.74, 6) is 0.675. The van der Waals surface area contributed by atoms with Crippen molar-refractivity contribution in [3.05, 3.63) is 29.3 Å². The van der Waals surface area contributed by atoms with E-state index in [0.717, 1.165) is 11.1 Å². The van der Waals surface area contributed by atoms with Crippen molar-refractivity contribution < 1.29 is 17.9 Å². The predicted octanol–water partition coefficient (Wildman–Crippen LogP) is 3.35. The van der Waals surface area contributed by atoms with E-state index in [-0.39, 0.29) is 6.42 Å². The van der Waals surface area contributed by atoms with Crippen LogP contribution >= 0.6 is 0 Å². The summed E-state index contributed by atoms with van der Waals surface area (Å²) in [6.45, 7) is 1.81. The molecule has 0 aromatic heterocycles. The van der Waals surface area contributed by atoms with Crippen LogP contribution in [0, 0.1) is 6.92 Å². The molecule has 0 heterocycles. The highest BCUT2D eigenvalue weighted by atomic mass is 19.4. The molecule has 0 spiro atoms. The minimum absolute atomic E-state index is 0.101. The first kappa shape index (κ1) is 13.8. The number of hydrogen-bond acceptors (Lipinski definition) is 2. The van der Waals surface area contributed by atoms with Crippen LogP contribution in [0.3, 0.4) is 0 Å². The van der Waals surface area contributed by atoms with Gasteiger partial charge in [0, 0.05) is 12.5 Å². The molecule has 2 N–H and O–H groups in total. The Hall–Kier alpha value is -1.23. The molecular formula is C12H16F3NO. The van der Waals surface area contributed by atoms with E-state index in [1.807, 2.05) is 6.92 Å². The first-order chi connectivity index (χ1) is 7.83. The maximum absolute atomic E-state index is 12.1. The lowest BCUT2D eigenvalue weighted by atomic mass is 9.98. The van der Waals surface area contributed by atoms with Gasteiger partial charge in [0.05, 0.1) is 7.11 Å². The van der Waals surface area contributed by atoms with E-state index < -0.39 is 18.6 Å². The molecule has 0 unspecified atom stereocenters. The van der Waals surface area contributed by atoms with Crippen molar-refractivity contribution >= 4 is 0 Å². The van der Waals surface area contributed by atoms with Gasteiger partial charge in [-0.2, -0.15) is 13.2 Å². The van der Waals surface area contributed by atoms with Crippen molar-refractivity contribution in [3.8, 4) is 5.75 Å². The van der Waals surface area contributed by atoms with Crippen molar-refractivity contribution in [2.45, 2.75) is 32.0 Å². The summed E-state index contributed by atoms with van der Waals surface area (Å²) in [4.78, 5) is 0. The maximum atomic E-state index is 12.1. The van der Waals surface area contributed by atoms with E-state index in [4.69, 9.17) is 10.5 Å². The van der Waals surface area contributed by atoms with E-state index in [1.165, 1.54) is 7.11 Å². The molecule has 0 aliphatic carbocycles. The van der Waals surface area contributed by atoms with E-state index in [1.54, 1.807) is 18.2 Å². The fourth-order valence-corrected chi connectivity index (χ4v) is 1.67. The molecule has 5 heteroatoms. The van der Waals surface area contributed by atoms with Crippen LogP contribution in [0.1, 0.15) is 30.0 Å². The Morgan fingerprint density at radius 3 is 2.47 bits per heavy atom. The van der Waals surface area contributed by atoms with Gasteiger partial charge < -0.3 is 10.5 Å². The van der Waals surface area contributed by atoms with Gasteiger partial charge in [0.1, 0.15) is 5.75 Å². The molecule has 0 saturated heterocycles. The number of ether oxygens (including phenoxy) is 1. The molecule has 0 radical (unpaired) electrons. The van der Waals surface area contributed by atoms with Crippen LogP contribution in [0.25, 0.3) is 0 Å².